The van der Waals surface area contributed by atoms with Crippen LogP contribution in [0.2, 0.25) is 0 Å². The van der Waals surface area contributed by atoms with Crippen LogP contribution >= 0.6 is 0 Å². The van der Waals surface area contributed by atoms with Crippen LogP contribution in [0.4, 0.5) is 0 Å². The van der Waals surface area contributed by atoms with E-state index >= 15 is 0 Å². The average Bonchev–Trinajstić information content (AvgIpc) is 2.79. The van der Waals surface area contributed by atoms with Crippen molar-refractivity contribution in [2.24, 2.45) is 17.1 Å². The van der Waals surface area contributed by atoms with E-state index in [0.29, 0.717) is 26.0 Å². The first-order chi connectivity index (χ1) is 9.65. The smallest absolute Gasteiger partial charge is 0.303 e. The summed E-state index contributed by atoms with van der Waals surface area (Å²) in [5.41, 5.74) is 5.10. The molecular weight excluding hydrogens is 272 g/mol. The number of rotatable bonds is 7. The summed E-state index contributed by atoms with van der Waals surface area (Å²) in [4.78, 5) is 22.8. The summed E-state index contributed by atoms with van der Waals surface area (Å²) >= 11 is 0. The second-order valence-electron chi connectivity index (χ2n) is 7.00. The van der Waals surface area contributed by atoms with Gasteiger partial charge in [-0.2, -0.15) is 0 Å². The Morgan fingerprint density at radius 2 is 2.05 bits per heavy atom. The van der Waals surface area contributed by atoms with Gasteiger partial charge in [0.05, 0.1) is 6.61 Å². The maximum atomic E-state index is 12.1. The van der Waals surface area contributed by atoms with E-state index in [9.17, 15) is 9.59 Å². The number of carboxylic acids is 1. The fourth-order valence-corrected chi connectivity index (χ4v) is 2.60. The van der Waals surface area contributed by atoms with Gasteiger partial charge >= 0.3 is 5.97 Å². The number of aliphatic carboxylic acids is 1. The third-order valence-electron chi connectivity index (χ3n) is 4.21. The normalized spacial score (nSPS) is 23.8. The largest absolute Gasteiger partial charge is 0.481 e. The maximum absolute atomic E-state index is 12.1. The number of ether oxygens (including phenoxy) is 1. The van der Waals surface area contributed by atoms with Crippen molar-refractivity contribution in [2.45, 2.75) is 52.0 Å². The summed E-state index contributed by atoms with van der Waals surface area (Å²) in [6.07, 6.45) is 2.07. The summed E-state index contributed by atoms with van der Waals surface area (Å²) in [6, 6.07) is 0. The Labute approximate surface area is 126 Å². The van der Waals surface area contributed by atoms with E-state index in [2.05, 4.69) is 26.1 Å². The monoisotopic (exact) mass is 300 g/mol. The average molecular weight is 300 g/mol. The molecule has 6 nitrogen and oxygen atoms in total. The Morgan fingerprint density at radius 1 is 1.38 bits per heavy atom. The maximum Gasteiger partial charge on any atom is 0.303 e. The molecular formula is C15H28N2O4. The van der Waals surface area contributed by atoms with Gasteiger partial charge in [-0.25, -0.2) is 0 Å². The number of hydrogen-bond donors (Lipinski definition) is 3. The lowest BCUT2D eigenvalue weighted by Gasteiger charge is -2.31. The highest BCUT2D eigenvalue weighted by Crippen LogP contribution is 2.32. The number of nitrogens with two attached hydrogens (primary N) is 1. The summed E-state index contributed by atoms with van der Waals surface area (Å²) in [5, 5.41) is 11.7. The Hall–Kier alpha value is -1.14. The van der Waals surface area contributed by atoms with Crippen molar-refractivity contribution in [1.29, 1.82) is 0 Å². The van der Waals surface area contributed by atoms with Crippen LogP contribution in [0.5, 0.6) is 0 Å². The van der Waals surface area contributed by atoms with E-state index in [1.807, 2.05) is 0 Å². The van der Waals surface area contributed by atoms with Gasteiger partial charge in [-0.3, -0.25) is 9.59 Å². The molecule has 1 rings (SSSR count). The van der Waals surface area contributed by atoms with E-state index in [0.717, 1.165) is 6.42 Å². The lowest BCUT2D eigenvalue weighted by Crippen LogP contribution is -2.54. The van der Waals surface area contributed by atoms with Crippen LogP contribution in [0.3, 0.4) is 0 Å². The lowest BCUT2D eigenvalue weighted by molar-refractivity contribution is -0.137. The summed E-state index contributed by atoms with van der Waals surface area (Å²) in [5.74, 6) is -0.717. The minimum Gasteiger partial charge on any atom is -0.481 e. The zero-order valence-corrected chi connectivity index (χ0v) is 13.3. The summed E-state index contributed by atoms with van der Waals surface area (Å²) < 4.78 is 5.18. The van der Waals surface area contributed by atoms with E-state index in [4.69, 9.17) is 15.6 Å². The molecule has 1 aliphatic rings. The molecule has 0 saturated carbocycles. The Bertz CT molecular complexity index is 370. The molecule has 1 amide bonds. The Kier molecular flexibility index (Phi) is 6.16. The van der Waals surface area contributed by atoms with Gasteiger partial charge in [-0.1, -0.05) is 20.8 Å². The second kappa shape index (κ2) is 7.22. The highest BCUT2D eigenvalue weighted by atomic mass is 16.5. The van der Waals surface area contributed by atoms with Crippen molar-refractivity contribution in [2.75, 3.05) is 19.8 Å². The molecule has 122 valence electrons. The van der Waals surface area contributed by atoms with Crippen LogP contribution in [-0.2, 0) is 14.3 Å². The molecule has 0 aromatic heterocycles. The first-order valence-electron chi connectivity index (χ1n) is 7.52. The minimum absolute atomic E-state index is 0.0110. The first kappa shape index (κ1) is 17.9. The molecule has 0 bridgehead atoms. The molecule has 1 aliphatic heterocycles. The van der Waals surface area contributed by atoms with Crippen molar-refractivity contribution in [3.8, 4) is 0 Å². The van der Waals surface area contributed by atoms with Crippen LogP contribution < -0.4 is 11.1 Å². The number of amides is 1. The molecule has 0 aromatic carbocycles. The topological polar surface area (TPSA) is 102 Å². The fourth-order valence-electron chi connectivity index (χ4n) is 2.60. The third kappa shape index (κ3) is 5.63. The van der Waals surface area contributed by atoms with E-state index < -0.39 is 11.5 Å². The number of hydrogen-bond acceptors (Lipinski definition) is 4. The molecule has 1 fully saturated rings. The number of carboxylic acid groups (broad SMARTS) is 1. The fraction of sp³-hybridized carbons (Fsp3) is 0.867. The highest BCUT2D eigenvalue weighted by Gasteiger charge is 2.38. The first-order valence-corrected chi connectivity index (χ1v) is 7.52. The van der Waals surface area contributed by atoms with Gasteiger partial charge in [-0.15, -0.1) is 0 Å². The van der Waals surface area contributed by atoms with Gasteiger partial charge < -0.3 is 20.9 Å². The molecule has 0 radical (unpaired) electrons. The van der Waals surface area contributed by atoms with E-state index in [1.165, 1.54) is 0 Å². The Balaban J connectivity index is 2.42. The number of carbonyl (C=O) groups is 2. The van der Waals surface area contributed by atoms with Crippen LogP contribution in [0, 0.1) is 11.3 Å². The van der Waals surface area contributed by atoms with Crippen molar-refractivity contribution in [3.05, 3.63) is 0 Å². The summed E-state index contributed by atoms with van der Waals surface area (Å²) in [7, 11) is 0. The van der Waals surface area contributed by atoms with Crippen molar-refractivity contribution >= 4 is 11.9 Å². The summed E-state index contributed by atoms with van der Waals surface area (Å²) in [6.45, 7) is 7.58. The van der Waals surface area contributed by atoms with Crippen LogP contribution in [0.25, 0.3) is 0 Å². The van der Waals surface area contributed by atoms with Crippen LogP contribution in [-0.4, -0.2) is 42.3 Å². The predicted octanol–water partition coefficient (Wildman–Crippen LogP) is 1.14. The molecule has 4 N–H and O–H groups in total. The van der Waals surface area contributed by atoms with E-state index in [1.54, 1.807) is 0 Å². The third-order valence-corrected chi connectivity index (χ3v) is 4.21. The number of nitrogens with one attached hydrogen (secondary N) is 1. The molecule has 6 heteroatoms. The SMILES string of the molecule is CC(C)(C)C(CCNC(=O)C1(N)CCOC1)CCC(=O)O. The molecule has 1 heterocycles. The molecule has 1 saturated heterocycles. The van der Waals surface area contributed by atoms with Gasteiger partial charge in [0.25, 0.3) is 0 Å². The standard InChI is InChI=1S/C15H28N2O4/c1-14(2,3)11(4-5-12(18)19)6-8-17-13(20)15(16)7-9-21-10-15/h11H,4-10,16H2,1-3H3,(H,17,20)(H,18,19). The van der Waals surface area contributed by atoms with Gasteiger partial charge in [0.15, 0.2) is 0 Å². The second-order valence-corrected chi connectivity index (χ2v) is 7.00. The zero-order chi connectivity index (χ0) is 16.1. The van der Waals surface area contributed by atoms with Crippen LogP contribution in [0.1, 0.15) is 46.5 Å². The van der Waals surface area contributed by atoms with Crippen molar-refractivity contribution < 1.29 is 19.4 Å². The Morgan fingerprint density at radius 3 is 2.52 bits per heavy atom. The van der Waals surface area contributed by atoms with Gasteiger partial charge in [0.2, 0.25) is 5.91 Å². The number of carbonyl (C=O) groups excluding carboxylic acids is 1. The zero-order valence-electron chi connectivity index (χ0n) is 13.3. The molecule has 0 spiro atoms. The molecule has 0 aliphatic carbocycles. The molecule has 0 aromatic rings. The van der Waals surface area contributed by atoms with Gasteiger partial charge in [0.1, 0.15) is 5.54 Å². The predicted molar refractivity (Wildman–Crippen MR) is 79.8 cm³/mol. The molecule has 2 atom stereocenters. The van der Waals surface area contributed by atoms with Gasteiger partial charge in [0, 0.05) is 19.6 Å². The molecule has 21 heavy (non-hydrogen) atoms. The molecule has 2 unspecified atom stereocenters. The van der Waals surface area contributed by atoms with Gasteiger partial charge in [-0.05, 0) is 30.6 Å². The van der Waals surface area contributed by atoms with Crippen molar-refractivity contribution in [3.63, 3.8) is 0 Å². The quantitative estimate of drug-likeness (QED) is 0.654. The van der Waals surface area contributed by atoms with E-state index in [-0.39, 0.29) is 30.3 Å². The van der Waals surface area contributed by atoms with Crippen molar-refractivity contribution in [1.82, 2.24) is 5.32 Å². The van der Waals surface area contributed by atoms with Crippen LogP contribution in [0.15, 0.2) is 0 Å². The minimum atomic E-state index is -0.904. The highest BCUT2D eigenvalue weighted by molar-refractivity contribution is 5.86. The lowest BCUT2D eigenvalue weighted by atomic mass is 9.76.